The quantitative estimate of drug-likeness (QED) is 0.901. The molecule has 1 N–H and O–H groups in total. The van der Waals surface area contributed by atoms with Gasteiger partial charge in [0, 0.05) is 11.8 Å². The minimum Gasteiger partial charge on any atom is -0.493 e. The highest BCUT2D eigenvalue weighted by Gasteiger charge is 2.40. The Morgan fingerprint density at radius 2 is 2.37 bits per heavy atom. The number of benzene rings is 1. The fourth-order valence-electron chi connectivity index (χ4n) is 2.59. The predicted octanol–water partition coefficient (Wildman–Crippen LogP) is 2.51. The van der Waals surface area contributed by atoms with E-state index >= 15 is 0 Å². The van der Waals surface area contributed by atoms with Crippen molar-refractivity contribution < 1.29 is 14.6 Å². The molecular weight excluding hydrogens is 242 g/mol. The van der Waals surface area contributed by atoms with Crippen LogP contribution < -0.4 is 4.74 Å². The monoisotopic (exact) mass is 259 g/mol. The number of nitrogens with zero attached hydrogens (tertiary/aromatic N) is 1. The molecule has 0 saturated heterocycles. The number of hydrogen-bond donors (Lipinski definition) is 1. The maximum atomic E-state index is 11.3. The average Bonchev–Trinajstić information content (AvgIpc) is 2.85. The van der Waals surface area contributed by atoms with Gasteiger partial charge in [-0.1, -0.05) is 26.0 Å². The van der Waals surface area contributed by atoms with Crippen LogP contribution in [0.5, 0.6) is 5.75 Å². The van der Waals surface area contributed by atoms with Crippen LogP contribution in [0.2, 0.25) is 0 Å². The van der Waals surface area contributed by atoms with Crippen LogP contribution in [0, 0.1) is 17.2 Å². The summed E-state index contributed by atoms with van der Waals surface area (Å²) in [5, 5.41) is 18.4. The van der Waals surface area contributed by atoms with Crippen LogP contribution >= 0.6 is 0 Å². The molecule has 1 aromatic carbocycles. The number of carboxylic acid groups (broad SMARTS) is 1. The molecule has 2 atom stereocenters. The van der Waals surface area contributed by atoms with Crippen molar-refractivity contribution in [3.05, 3.63) is 29.3 Å². The predicted molar refractivity (Wildman–Crippen MR) is 70.0 cm³/mol. The normalized spacial score (nSPS) is 17.7. The molecule has 0 saturated carbocycles. The van der Waals surface area contributed by atoms with Gasteiger partial charge in [0.2, 0.25) is 0 Å². The topological polar surface area (TPSA) is 70.3 Å². The Morgan fingerprint density at radius 3 is 2.95 bits per heavy atom. The molecule has 100 valence electrons. The fourth-order valence-corrected chi connectivity index (χ4v) is 2.59. The molecule has 4 heteroatoms. The number of ether oxygens (including phenoxy) is 1. The molecule has 1 aromatic rings. The average molecular weight is 259 g/mol. The minimum atomic E-state index is -1.07. The van der Waals surface area contributed by atoms with Gasteiger partial charge in [-0.05, 0) is 23.6 Å². The molecule has 2 unspecified atom stereocenters. The van der Waals surface area contributed by atoms with Crippen LogP contribution in [0.4, 0.5) is 0 Å². The summed E-state index contributed by atoms with van der Waals surface area (Å²) in [7, 11) is 0. The second-order valence-corrected chi connectivity index (χ2v) is 5.09. The van der Waals surface area contributed by atoms with E-state index in [1.807, 2.05) is 38.1 Å². The summed E-state index contributed by atoms with van der Waals surface area (Å²) >= 11 is 0. The molecule has 0 radical (unpaired) electrons. The van der Waals surface area contributed by atoms with E-state index < -0.39 is 17.3 Å². The summed E-state index contributed by atoms with van der Waals surface area (Å²) in [4.78, 5) is 11.3. The first-order chi connectivity index (χ1) is 9.02. The highest BCUT2D eigenvalue weighted by atomic mass is 16.5. The maximum Gasteiger partial charge on any atom is 0.321 e. The Balaban J connectivity index is 2.47. The second-order valence-electron chi connectivity index (χ2n) is 5.09. The van der Waals surface area contributed by atoms with Gasteiger partial charge in [0.05, 0.1) is 12.7 Å². The third-order valence-electron chi connectivity index (χ3n) is 4.10. The van der Waals surface area contributed by atoms with Gasteiger partial charge in [0.25, 0.3) is 0 Å². The van der Waals surface area contributed by atoms with Gasteiger partial charge in [-0.3, -0.25) is 4.79 Å². The highest BCUT2D eigenvalue weighted by molar-refractivity contribution is 5.75. The van der Waals surface area contributed by atoms with E-state index in [0.29, 0.717) is 13.0 Å². The number of hydrogen-bond acceptors (Lipinski definition) is 3. The summed E-state index contributed by atoms with van der Waals surface area (Å²) in [5.41, 5.74) is 1.31. The van der Waals surface area contributed by atoms with Gasteiger partial charge >= 0.3 is 5.97 Å². The van der Waals surface area contributed by atoms with E-state index in [1.54, 1.807) is 0 Å². The molecular formula is C15H17NO3. The van der Waals surface area contributed by atoms with Crippen molar-refractivity contribution in [2.45, 2.75) is 32.1 Å². The van der Waals surface area contributed by atoms with Crippen molar-refractivity contribution in [1.29, 1.82) is 5.26 Å². The van der Waals surface area contributed by atoms with E-state index in [1.165, 1.54) is 0 Å². The first-order valence-corrected chi connectivity index (χ1v) is 6.41. The van der Waals surface area contributed by atoms with E-state index in [2.05, 4.69) is 0 Å². The summed E-state index contributed by atoms with van der Waals surface area (Å²) < 4.78 is 5.45. The lowest BCUT2D eigenvalue weighted by Crippen LogP contribution is -2.36. The zero-order valence-electron chi connectivity index (χ0n) is 11.1. The number of carboxylic acids is 1. The van der Waals surface area contributed by atoms with Crippen molar-refractivity contribution in [3.8, 4) is 11.8 Å². The molecule has 4 nitrogen and oxygen atoms in total. The van der Waals surface area contributed by atoms with Crippen LogP contribution in [0.25, 0.3) is 0 Å². The summed E-state index contributed by atoms with van der Waals surface area (Å²) in [6, 6.07) is 7.67. The summed E-state index contributed by atoms with van der Waals surface area (Å²) in [5.74, 6) is -1.24. The SMILES string of the molecule is CCC(C)(c1ccc2c(c1)CCO2)C(C#N)C(=O)O. The standard InChI is InChI=1S/C15H17NO3/c1-3-15(2,12(9-16)14(17)18)11-4-5-13-10(8-11)6-7-19-13/h4-5,8,12H,3,6-7H2,1-2H3,(H,17,18). The van der Waals surface area contributed by atoms with Crippen LogP contribution in [-0.4, -0.2) is 17.7 Å². The van der Waals surface area contributed by atoms with E-state index in [4.69, 9.17) is 10.00 Å². The summed E-state index contributed by atoms with van der Waals surface area (Å²) in [6.07, 6.45) is 1.43. The smallest absolute Gasteiger partial charge is 0.321 e. The van der Waals surface area contributed by atoms with E-state index in [0.717, 1.165) is 23.3 Å². The lowest BCUT2D eigenvalue weighted by atomic mass is 9.70. The molecule has 1 heterocycles. The Hall–Kier alpha value is -2.02. The number of nitriles is 1. The van der Waals surface area contributed by atoms with Gasteiger partial charge in [-0.15, -0.1) is 0 Å². The molecule has 0 bridgehead atoms. The Kier molecular flexibility index (Phi) is 3.48. The van der Waals surface area contributed by atoms with Gasteiger partial charge in [-0.25, -0.2) is 0 Å². The molecule has 19 heavy (non-hydrogen) atoms. The number of fused-ring (bicyclic) bond motifs is 1. The van der Waals surface area contributed by atoms with Crippen molar-refractivity contribution in [2.24, 2.45) is 5.92 Å². The van der Waals surface area contributed by atoms with Crippen molar-refractivity contribution in [3.63, 3.8) is 0 Å². The third kappa shape index (κ3) is 2.17. The third-order valence-corrected chi connectivity index (χ3v) is 4.10. The zero-order chi connectivity index (χ0) is 14.0. The van der Waals surface area contributed by atoms with Crippen LogP contribution in [0.15, 0.2) is 18.2 Å². The zero-order valence-corrected chi connectivity index (χ0v) is 11.1. The maximum absolute atomic E-state index is 11.3. The molecule has 0 aromatic heterocycles. The lowest BCUT2D eigenvalue weighted by molar-refractivity contribution is -0.141. The molecule has 0 fully saturated rings. The lowest BCUT2D eigenvalue weighted by Gasteiger charge is -2.31. The van der Waals surface area contributed by atoms with Crippen molar-refractivity contribution in [1.82, 2.24) is 0 Å². The van der Waals surface area contributed by atoms with Crippen LogP contribution in [0.3, 0.4) is 0 Å². The first-order valence-electron chi connectivity index (χ1n) is 6.41. The molecule has 1 aliphatic rings. The Bertz CT molecular complexity index is 547. The number of carbonyl (C=O) groups is 1. The van der Waals surface area contributed by atoms with Crippen molar-refractivity contribution in [2.75, 3.05) is 6.61 Å². The fraction of sp³-hybridized carbons (Fsp3) is 0.467. The van der Waals surface area contributed by atoms with Gasteiger partial charge in [0.15, 0.2) is 5.92 Å². The Morgan fingerprint density at radius 1 is 1.63 bits per heavy atom. The molecule has 0 spiro atoms. The van der Waals surface area contributed by atoms with Crippen molar-refractivity contribution >= 4 is 5.97 Å². The van der Waals surface area contributed by atoms with Crippen LogP contribution in [-0.2, 0) is 16.6 Å². The van der Waals surface area contributed by atoms with Gasteiger partial charge in [0.1, 0.15) is 5.75 Å². The number of aliphatic carboxylic acids is 1. The molecule has 2 rings (SSSR count). The second kappa shape index (κ2) is 4.93. The van der Waals surface area contributed by atoms with E-state index in [9.17, 15) is 9.90 Å². The molecule has 1 aliphatic heterocycles. The summed E-state index contributed by atoms with van der Waals surface area (Å²) in [6.45, 7) is 4.42. The Labute approximate surface area is 112 Å². The number of rotatable bonds is 4. The molecule has 0 amide bonds. The molecule has 0 aliphatic carbocycles. The first kappa shape index (κ1) is 13.4. The van der Waals surface area contributed by atoms with Gasteiger partial charge < -0.3 is 9.84 Å². The van der Waals surface area contributed by atoms with Gasteiger partial charge in [-0.2, -0.15) is 5.26 Å². The largest absolute Gasteiger partial charge is 0.493 e. The highest BCUT2D eigenvalue weighted by Crippen LogP contribution is 2.38. The minimum absolute atomic E-state index is 0.594. The van der Waals surface area contributed by atoms with E-state index in [-0.39, 0.29) is 0 Å². The van der Waals surface area contributed by atoms with Crippen LogP contribution in [0.1, 0.15) is 31.4 Å².